The topological polar surface area (TPSA) is 73.9 Å². The van der Waals surface area contributed by atoms with Gasteiger partial charge in [0.1, 0.15) is 11.4 Å². The number of para-hydroxylation sites is 1. The van der Waals surface area contributed by atoms with Gasteiger partial charge < -0.3 is 19.5 Å². The fourth-order valence-corrected chi connectivity index (χ4v) is 3.02. The number of amides is 1. The first-order valence-electron chi connectivity index (χ1n) is 8.58. The number of ether oxygens (including phenoxy) is 3. The number of fused-ring (bicyclic) bond motifs is 1. The van der Waals surface area contributed by atoms with Gasteiger partial charge in [-0.1, -0.05) is 23.7 Å². The summed E-state index contributed by atoms with van der Waals surface area (Å²) in [5, 5.41) is 2.48. The summed E-state index contributed by atoms with van der Waals surface area (Å²) in [4.78, 5) is 23.7. The molecule has 0 aliphatic carbocycles. The Labute approximate surface area is 166 Å². The average molecular weight is 408 g/mol. The van der Waals surface area contributed by atoms with Crippen LogP contribution in [-0.4, -0.2) is 30.7 Å². The highest BCUT2D eigenvalue weighted by Gasteiger charge is 2.32. The minimum Gasteiger partial charge on any atom is -0.483 e. The first kappa shape index (κ1) is 19.9. The first-order chi connectivity index (χ1) is 13.2. The molecule has 2 aromatic rings. The molecule has 1 N–H and O–H groups in total. The second kappa shape index (κ2) is 8.06. The second-order valence-corrected chi connectivity index (χ2v) is 7.31. The van der Waals surface area contributed by atoms with Gasteiger partial charge in [-0.2, -0.15) is 0 Å². The van der Waals surface area contributed by atoms with Crippen LogP contribution in [0.2, 0.25) is 5.02 Å². The Morgan fingerprint density at radius 2 is 2.04 bits per heavy atom. The van der Waals surface area contributed by atoms with E-state index in [0.717, 1.165) is 24.1 Å². The van der Waals surface area contributed by atoms with Gasteiger partial charge in [0.2, 0.25) is 0 Å². The number of carbonyl (C=O) groups excluding carboxylic acids is 2. The largest absolute Gasteiger partial charge is 0.483 e. The van der Waals surface area contributed by atoms with E-state index in [1.807, 2.05) is 26.0 Å². The fraction of sp³-hybridized carbons (Fsp3) is 0.300. The molecule has 2 aromatic carbocycles. The number of esters is 1. The summed E-state index contributed by atoms with van der Waals surface area (Å²) in [5.41, 5.74) is 0.897. The molecule has 1 aliphatic heterocycles. The third kappa shape index (κ3) is 4.92. The maximum atomic E-state index is 13.0. The number of benzene rings is 2. The number of hydrogen-bond acceptors (Lipinski definition) is 5. The van der Waals surface area contributed by atoms with Crippen LogP contribution in [0.5, 0.6) is 11.5 Å². The van der Waals surface area contributed by atoms with E-state index >= 15 is 0 Å². The Kier molecular flexibility index (Phi) is 5.74. The summed E-state index contributed by atoms with van der Waals surface area (Å²) in [6.07, 6.45) is 0.746. The van der Waals surface area contributed by atoms with E-state index in [-0.39, 0.29) is 22.9 Å². The van der Waals surface area contributed by atoms with Crippen molar-refractivity contribution in [2.45, 2.75) is 25.9 Å². The standard InChI is InChI=1S/C20H19ClFNO5/c1-20(2)9-12-4-3-5-16(19(12)28-20)26-11-18(25)27-10-17(24)23-15-7-6-13(22)8-14(15)21/h3-8H,9-11H2,1-2H3,(H,23,24). The number of anilines is 1. The molecule has 0 saturated carbocycles. The SMILES string of the molecule is CC1(C)Cc2cccc(OCC(=O)OCC(=O)Nc3ccc(F)cc3Cl)c2O1. The monoisotopic (exact) mass is 407 g/mol. The van der Waals surface area contributed by atoms with Gasteiger partial charge in [0, 0.05) is 12.0 Å². The number of carbonyl (C=O) groups is 2. The second-order valence-electron chi connectivity index (χ2n) is 6.90. The minimum atomic E-state index is -0.713. The normalized spacial score (nSPS) is 14.0. The van der Waals surface area contributed by atoms with Crippen LogP contribution in [0.25, 0.3) is 0 Å². The molecule has 0 fully saturated rings. The lowest BCUT2D eigenvalue weighted by atomic mass is 10.0. The van der Waals surface area contributed by atoms with Crippen molar-refractivity contribution in [1.29, 1.82) is 0 Å². The van der Waals surface area contributed by atoms with Gasteiger partial charge in [-0.3, -0.25) is 4.79 Å². The van der Waals surface area contributed by atoms with Crippen molar-refractivity contribution >= 4 is 29.2 Å². The van der Waals surface area contributed by atoms with Gasteiger partial charge in [0.15, 0.2) is 24.7 Å². The van der Waals surface area contributed by atoms with Crippen LogP contribution in [0.3, 0.4) is 0 Å². The molecule has 3 rings (SSSR count). The molecule has 1 aliphatic rings. The van der Waals surface area contributed by atoms with Gasteiger partial charge in [0.25, 0.3) is 5.91 Å². The maximum Gasteiger partial charge on any atom is 0.344 e. The maximum absolute atomic E-state index is 13.0. The van der Waals surface area contributed by atoms with Crippen LogP contribution in [0, 0.1) is 5.82 Å². The van der Waals surface area contributed by atoms with E-state index < -0.39 is 24.3 Å². The molecule has 1 amide bonds. The van der Waals surface area contributed by atoms with Gasteiger partial charge in [0.05, 0.1) is 10.7 Å². The molecule has 0 saturated heterocycles. The third-order valence-electron chi connectivity index (χ3n) is 3.97. The van der Waals surface area contributed by atoms with Crippen molar-refractivity contribution in [3.05, 3.63) is 52.8 Å². The lowest BCUT2D eigenvalue weighted by Crippen LogP contribution is -2.25. The third-order valence-corrected chi connectivity index (χ3v) is 4.28. The van der Waals surface area contributed by atoms with E-state index in [1.54, 1.807) is 6.07 Å². The fourth-order valence-electron chi connectivity index (χ4n) is 2.80. The Bertz CT molecular complexity index is 915. The predicted molar refractivity (Wildman–Crippen MR) is 101 cm³/mol. The molecular formula is C20H19ClFNO5. The number of hydrogen-bond donors (Lipinski definition) is 1. The summed E-state index contributed by atoms with van der Waals surface area (Å²) in [5.74, 6) is -0.777. The minimum absolute atomic E-state index is 0.0452. The highest BCUT2D eigenvalue weighted by Crippen LogP contribution is 2.41. The van der Waals surface area contributed by atoms with Gasteiger partial charge in [-0.25, -0.2) is 9.18 Å². The van der Waals surface area contributed by atoms with Crippen LogP contribution >= 0.6 is 11.6 Å². The van der Waals surface area contributed by atoms with Gasteiger partial charge in [-0.15, -0.1) is 0 Å². The lowest BCUT2D eigenvalue weighted by Gasteiger charge is -2.18. The zero-order chi connectivity index (χ0) is 20.3. The number of nitrogens with one attached hydrogen (secondary N) is 1. The van der Waals surface area contributed by atoms with Crippen molar-refractivity contribution in [3.8, 4) is 11.5 Å². The van der Waals surface area contributed by atoms with E-state index in [0.29, 0.717) is 11.5 Å². The quantitative estimate of drug-likeness (QED) is 0.738. The molecule has 0 radical (unpaired) electrons. The van der Waals surface area contributed by atoms with Crippen LogP contribution < -0.4 is 14.8 Å². The summed E-state index contributed by atoms with van der Waals surface area (Å²) in [6, 6.07) is 9.01. The molecule has 1 heterocycles. The zero-order valence-electron chi connectivity index (χ0n) is 15.4. The summed E-state index contributed by atoms with van der Waals surface area (Å²) in [6.45, 7) is 3.05. The molecular weight excluding hydrogens is 389 g/mol. The molecule has 0 bridgehead atoms. The molecule has 6 nitrogen and oxygen atoms in total. The highest BCUT2D eigenvalue weighted by atomic mass is 35.5. The lowest BCUT2D eigenvalue weighted by molar-refractivity contribution is -0.149. The number of rotatable bonds is 6. The molecule has 0 aromatic heterocycles. The summed E-state index contributed by atoms with van der Waals surface area (Å²) in [7, 11) is 0. The van der Waals surface area contributed by atoms with E-state index in [9.17, 15) is 14.0 Å². The highest BCUT2D eigenvalue weighted by molar-refractivity contribution is 6.33. The molecule has 8 heteroatoms. The van der Waals surface area contributed by atoms with Crippen molar-refractivity contribution in [2.75, 3.05) is 18.5 Å². The Morgan fingerprint density at radius 1 is 1.25 bits per heavy atom. The first-order valence-corrected chi connectivity index (χ1v) is 8.95. The van der Waals surface area contributed by atoms with Crippen molar-refractivity contribution < 1.29 is 28.2 Å². The van der Waals surface area contributed by atoms with E-state index in [4.69, 9.17) is 25.8 Å². The van der Waals surface area contributed by atoms with Crippen molar-refractivity contribution in [1.82, 2.24) is 0 Å². The Balaban J connectivity index is 1.48. The van der Waals surface area contributed by atoms with Crippen LogP contribution in [0.4, 0.5) is 10.1 Å². The smallest absolute Gasteiger partial charge is 0.344 e. The predicted octanol–water partition coefficient (Wildman–Crippen LogP) is 3.75. The van der Waals surface area contributed by atoms with Crippen molar-refractivity contribution in [2.24, 2.45) is 0 Å². The Hall–Kier alpha value is -2.80. The van der Waals surface area contributed by atoms with Crippen LogP contribution in [0.15, 0.2) is 36.4 Å². The average Bonchev–Trinajstić information content (AvgIpc) is 2.95. The molecule has 148 valence electrons. The molecule has 28 heavy (non-hydrogen) atoms. The summed E-state index contributed by atoms with van der Waals surface area (Å²) < 4.78 is 29.2. The molecule has 0 spiro atoms. The van der Waals surface area contributed by atoms with Crippen LogP contribution in [0.1, 0.15) is 19.4 Å². The van der Waals surface area contributed by atoms with E-state index in [1.165, 1.54) is 6.07 Å². The van der Waals surface area contributed by atoms with E-state index in [2.05, 4.69) is 5.32 Å². The van der Waals surface area contributed by atoms with Gasteiger partial charge in [-0.05, 0) is 38.1 Å². The Morgan fingerprint density at radius 3 is 2.79 bits per heavy atom. The molecule has 0 atom stereocenters. The zero-order valence-corrected chi connectivity index (χ0v) is 16.1. The van der Waals surface area contributed by atoms with Crippen molar-refractivity contribution in [3.63, 3.8) is 0 Å². The number of halogens is 2. The molecule has 0 unspecified atom stereocenters. The van der Waals surface area contributed by atoms with Crippen LogP contribution in [-0.2, 0) is 20.7 Å². The van der Waals surface area contributed by atoms with Gasteiger partial charge >= 0.3 is 5.97 Å². The summed E-state index contributed by atoms with van der Waals surface area (Å²) >= 11 is 5.83.